The van der Waals surface area contributed by atoms with Gasteiger partial charge in [0, 0.05) is 17.6 Å². The van der Waals surface area contributed by atoms with Crippen molar-refractivity contribution in [2.45, 2.75) is 43.3 Å². The Morgan fingerprint density at radius 2 is 1.88 bits per heavy atom. The summed E-state index contributed by atoms with van der Waals surface area (Å²) in [6, 6.07) is 0. The Hall–Kier alpha value is -0.160. The minimum absolute atomic E-state index is 0.0946. The molecule has 16 heavy (non-hydrogen) atoms. The average Bonchev–Trinajstić information content (AvgIpc) is 2.17. The Kier molecular flexibility index (Phi) is 2.82. The Morgan fingerprint density at radius 1 is 1.25 bits per heavy atom. The van der Waals surface area contributed by atoms with Crippen LogP contribution in [0.15, 0.2) is 0 Å². The lowest BCUT2D eigenvalue weighted by atomic mass is 9.78. The van der Waals surface area contributed by atoms with Gasteiger partial charge in [0.1, 0.15) is 0 Å². The van der Waals surface area contributed by atoms with Gasteiger partial charge >= 0.3 is 0 Å². The van der Waals surface area contributed by atoms with E-state index in [1.165, 1.54) is 0 Å². The van der Waals surface area contributed by atoms with Gasteiger partial charge in [-0.15, -0.1) is 0 Å². The number of nitrogens with two attached hydrogens (primary N) is 1. The maximum Gasteiger partial charge on any atom is 0.0694 e. The summed E-state index contributed by atoms with van der Waals surface area (Å²) >= 11 is 0. The van der Waals surface area contributed by atoms with Crippen LogP contribution >= 0.6 is 0 Å². The molecule has 2 unspecified atom stereocenters. The molecular formula is C12H25N3O. The first-order valence-electron chi connectivity index (χ1n) is 6.08. The molecule has 0 aliphatic carbocycles. The molecule has 3 N–H and O–H groups in total. The Morgan fingerprint density at radius 3 is 2.31 bits per heavy atom. The van der Waals surface area contributed by atoms with Crippen molar-refractivity contribution in [3.8, 4) is 0 Å². The molecule has 4 heteroatoms. The molecule has 2 aliphatic rings. The van der Waals surface area contributed by atoms with Gasteiger partial charge in [-0.05, 0) is 40.8 Å². The Labute approximate surface area is 98.5 Å². The maximum atomic E-state index is 6.45. The summed E-state index contributed by atoms with van der Waals surface area (Å²) in [5.74, 6) is 0. The maximum absolute atomic E-state index is 6.45. The van der Waals surface area contributed by atoms with Crippen LogP contribution in [0.4, 0.5) is 0 Å². The van der Waals surface area contributed by atoms with Crippen LogP contribution in [-0.4, -0.2) is 55.4 Å². The number of likely N-dealkylation sites (N-methyl/N-ethyl adjacent to an activating group) is 2. The van der Waals surface area contributed by atoms with Crippen molar-refractivity contribution in [2.75, 3.05) is 33.9 Å². The minimum Gasteiger partial charge on any atom is -0.377 e. The van der Waals surface area contributed by atoms with Gasteiger partial charge < -0.3 is 15.8 Å². The quantitative estimate of drug-likeness (QED) is 0.671. The number of hydrogen-bond acceptors (Lipinski definition) is 4. The van der Waals surface area contributed by atoms with E-state index in [-0.39, 0.29) is 16.6 Å². The normalized spacial score (nSPS) is 44.1. The second-order valence-electron chi connectivity index (χ2n) is 6.39. The van der Waals surface area contributed by atoms with Crippen LogP contribution in [0.1, 0.15) is 26.7 Å². The molecule has 0 aromatic carbocycles. The van der Waals surface area contributed by atoms with E-state index in [1.807, 2.05) is 7.05 Å². The molecule has 2 fully saturated rings. The first-order valence-corrected chi connectivity index (χ1v) is 6.08. The zero-order valence-corrected chi connectivity index (χ0v) is 11.0. The largest absolute Gasteiger partial charge is 0.377 e. The average molecular weight is 227 g/mol. The Bertz CT molecular complexity index is 275. The molecule has 1 spiro atoms. The van der Waals surface area contributed by atoms with E-state index in [2.05, 4.69) is 31.1 Å². The van der Waals surface area contributed by atoms with Crippen LogP contribution in [0.5, 0.6) is 0 Å². The summed E-state index contributed by atoms with van der Waals surface area (Å²) in [5, 5.41) is 3.43. The van der Waals surface area contributed by atoms with Crippen LogP contribution in [0, 0.1) is 0 Å². The van der Waals surface area contributed by atoms with E-state index in [4.69, 9.17) is 10.5 Å². The van der Waals surface area contributed by atoms with Gasteiger partial charge in [-0.25, -0.2) is 0 Å². The van der Waals surface area contributed by atoms with Gasteiger partial charge in [0.05, 0.1) is 18.8 Å². The fourth-order valence-electron chi connectivity index (χ4n) is 3.42. The predicted molar refractivity (Wildman–Crippen MR) is 65.5 cm³/mol. The van der Waals surface area contributed by atoms with E-state index >= 15 is 0 Å². The van der Waals surface area contributed by atoms with Crippen LogP contribution < -0.4 is 11.1 Å². The second-order valence-corrected chi connectivity index (χ2v) is 6.39. The topological polar surface area (TPSA) is 50.5 Å². The smallest absolute Gasteiger partial charge is 0.0694 e. The van der Waals surface area contributed by atoms with Crippen molar-refractivity contribution in [3.63, 3.8) is 0 Å². The highest BCUT2D eigenvalue weighted by molar-refractivity contribution is 5.09. The van der Waals surface area contributed by atoms with E-state index in [0.717, 1.165) is 32.6 Å². The molecule has 2 aliphatic heterocycles. The van der Waals surface area contributed by atoms with Gasteiger partial charge in [0.2, 0.25) is 0 Å². The molecule has 4 nitrogen and oxygen atoms in total. The summed E-state index contributed by atoms with van der Waals surface area (Å²) in [6.07, 6.45) is 2.02. The highest BCUT2D eigenvalue weighted by Gasteiger charge is 2.51. The van der Waals surface area contributed by atoms with E-state index in [1.54, 1.807) is 0 Å². The minimum atomic E-state index is -0.119. The first-order chi connectivity index (χ1) is 7.31. The number of ether oxygens (including phenoxy) is 1. The molecule has 2 rings (SSSR count). The molecule has 94 valence electrons. The zero-order chi connectivity index (χ0) is 12.0. The second kappa shape index (κ2) is 3.67. The molecule has 0 amide bonds. The van der Waals surface area contributed by atoms with E-state index in [0.29, 0.717) is 0 Å². The summed E-state index contributed by atoms with van der Waals surface area (Å²) in [7, 11) is 4.22. The molecule has 0 bridgehead atoms. The summed E-state index contributed by atoms with van der Waals surface area (Å²) in [5.41, 5.74) is 6.61. The third-order valence-electron chi connectivity index (χ3n) is 4.27. The number of hydrogen-bond donors (Lipinski definition) is 2. The lowest BCUT2D eigenvalue weighted by Gasteiger charge is -2.49. The van der Waals surface area contributed by atoms with Crippen molar-refractivity contribution in [1.82, 2.24) is 10.2 Å². The lowest BCUT2D eigenvalue weighted by molar-refractivity contribution is -0.139. The van der Waals surface area contributed by atoms with E-state index < -0.39 is 0 Å². The standard InChI is InChI=1S/C12H25N3O/c1-10(13)5-11(2,14-3)7-15(4)12(6-10)8-16-9-12/h14H,5-9,13H2,1-4H3. The van der Waals surface area contributed by atoms with E-state index in [9.17, 15) is 0 Å². The molecule has 0 aromatic heterocycles. The monoisotopic (exact) mass is 227 g/mol. The zero-order valence-electron chi connectivity index (χ0n) is 11.0. The van der Waals surface area contributed by atoms with Gasteiger partial charge in [0.25, 0.3) is 0 Å². The van der Waals surface area contributed by atoms with Crippen LogP contribution in [0.3, 0.4) is 0 Å². The van der Waals surface area contributed by atoms with Crippen LogP contribution in [0.2, 0.25) is 0 Å². The molecule has 2 saturated heterocycles. The fraction of sp³-hybridized carbons (Fsp3) is 1.00. The SMILES string of the molecule is CNC1(C)CN(C)C2(COC2)CC(C)(N)C1. The van der Waals surface area contributed by atoms with Gasteiger partial charge in [-0.1, -0.05) is 0 Å². The number of nitrogens with zero attached hydrogens (tertiary/aromatic N) is 1. The highest BCUT2D eigenvalue weighted by Crippen LogP contribution is 2.39. The van der Waals surface area contributed by atoms with Crippen LogP contribution in [-0.2, 0) is 4.74 Å². The van der Waals surface area contributed by atoms with Crippen LogP contribution in [0.25, 0.3) is 0 Å². The molecule has 0 saturated carbocycles. The van der Waals surface area contributed by atoms with Gasteiger partial charge in [-0.2, -0.15) is 0 Å². The van der Waals surface area contributed by atoms with Gasteiger partial charge in [-0.3, -0.25) is 4.90 Å². The first kappa shape index (κ1) is 12.3. The highest BCUT2D eigenvalue weighted by atomic mass is 16.5. The van der Waals surface area contributed by atoms with Crippen molar-refractivity contribution in [3.05, 3.63) is 0 Å². The molecular weight excluding hydrogens is 202 g/mol. The summed E-state index contributed by atoms with van der Waals surface area (Å²) in [6.45, 7) is 7.11. The number of rotatable bonds is 1. The Balaban J connectivity index is 2.25. The third kappa shape index (κ3) is 1.99. The van der Waals surface area contributed by atoms with Crippen molar-refractivity contribution in [2.24, 2.45) is 5.73 Å². The summed E-state index contributed by atoms with van der Waals surface area (Å²) < 4.78 is 5.42. The van der Waals surface area contributed by atoms with Crippen molar-refractivity contribution in [1.29, 1.82) is 0 Å². The molecule has 2 atom stereocenters. The number of likely N-dealkylation sites (tertiary alicyclic amines) is 1. The summed E-state index contributed by atoms with van der Waals surface area (Å²) in [4.78, 5) is 2.44. The number of nitrogens with one attached hydrogen (secondary N) is 1. The molecule has 2 heterocycles. The third-order valence-corrected chi connectivity index (χ3v) is 4.27. The lowest BCUT2D eigenvalue weighted by Crippen LogP contribution is -2.64. The fourth-order valence-corrected chi connectivity index (χ4v) is 3.42. The predicted octanol–water partition coefficient (Wildman–Crippen LogP) is 0.177. The van der Waals surface area contributed by atoms with Crippen molar-refractivity contribution < 1.29 is 4.74 Å². The van der Waals surface area contributed by atoms with Crippen molar-refractivity contribution >= 4 is 0 Å². The molecule has 0 aromatic rings. The molecule has 0 radical (unpaired) electrons. The van der Waals surface area contributed by atoms with Gasteiger partial charge in [0.15, 0.2) is 0 Å².